The van der Waals surface area contributed by atoms with E-state index in [4.69, 9.17) is 23.2 Å². The highest BCUT2D eigenvalue weighted by atomic mass is 35.5. The maximum atomic E-state index is 11.0. The summed E-state index contributed by atoms with van der Waals surface area (Å²) in [5.74, 6) is 0. The van der Waals surface area contributed by atoms with Crippen LogP contribution < -0.4 is 0 Å². The fraction of sp³-hybridized carbons (Fsp3) is 0.875. The molecule has 2 unspecified atom stereocenters. The molecule has 1 nitrogen and oxygen atoms in total. The van der Waals surface area contributed by atoms with Crippen LogP contribution in [0.3, 0.4) is 0 Å². The van der Waals surface area contributed by atoms with E-state index in [-0.39, 0.29) is 16.0 Å². The third-order valence-corrected chi connectivity index (χ3v) is 3.22. The second kappa shape index (κ2) is 3.32. The first-order valence-electron chi connectivity index (χ1n) is 3.88. The van der Waals surface area contributed by atoms with Gasteiger partial charge in [-0.25, -0.2) is 0 Å². The van der Waals surface area contributed by atoms with Gasteiger partial charge in [-0.15, -0.1) is 11.6 Å². The first kappa shape index (κ1) is 9.34. The molecule has 1 aliphatic rings. The molecule has 0 aromatic carbocycles. The van der Waals surface area contributed by atoms with Gasteiger partial charge in [0.15, 0.2) is 0 Å². The summed E-state index contributed by atoms with van der Waals surface area (Å²) < 4.78 is 0. The molecule has 1 fully saturated rings. The molecule has 3 heteroatoms. The van der Waals surface area contributed by atoms with Crippen molar-refractivity contribution in [1.82, 2.24) is 0 Å². The lowest BCUT2D eigenvalue weighted by Crippen LogP contribution is -2.31. The van der Waals surface area contributed by atoms with E-state index in [0.29, 0.717) is 0 Å². The van der Waals surface area contributed by atoms with Crippen LogP contribution in [0.2, 0.25) is 0 Å². The summed E-state index contributed by atoms with van der Waals surface area (Å²) in [4.78, 5) is 11.0. The van der Waals surface area contributed by atoms with Crippen LogP contribution in [0.25, 0.3) is 0 Å². The van der Waals surface area contributed by atoms with E-state index in [1.807, 2.05) is 6.92 Å². The van der Waals surface area contributed by atoms with E-state index in [9.17, 15) is 4.79 Å². The fourth-order valence-electron chi connectivity index (χ4n) is 1.59. The van der Waals surface area contributed by atoms with Gasteiger partial charge >= 0.3 is 0 Å². The summed E-state index contributed by atoms with van der Waals surface area (Å²) in [6, 6.07) is 0. The van der Waals surface area contributed by atoms with Crippen LogP contribution in [-0.4, -0.2) is 10.6 Å². The normalized spacial score (nSPS) is 38.6. The molecule has 0 N–H and O–H groups in total. The smallest absolute Gasteiger partial charge is 0.227 e. The zero-order valence-corrected chi connectivity index (χ0v) is 8.08. The van der Waals surface area contributed by atoms with Crippen molar-refractivity contribution in [3.8, 4) is 0 Å². The van der Waals surface area contributed by atoms with Gasteiger partial charge in [0.05, 0.1) is 0 Å². The highest BCUT2D eigenvalue weighted by molar-refractivity contribution is 6.64. The number of rotatable bonds is 1. The van der Waals surface area contributed by atoms with Crippen LogP contribution in [0.15, 0.2) is 0 Å². The number of halogens is 2. The molecule has 0 aromatic rings. The van der Waals surface area contributed by atoms with Gasteiger partial charge < -0.3 is 0 Å². The predicted molar refractivity (Wildman–Crippen MR) is 47.1 cm³/mol. The van der Waals surface area contributed by atoms with Crippen LogP contribution >= 0.6 is 23.2 Å². The fourth-order valence-corrected chi connectivity index (χ4v) is 2.25. The molecular formula is C8H12Cl2O. The van der Waals surface area contributed by atoms with Crippen molar-refractivity contribution < 1.29 is 4.79 Å². The third-order valence-electron chi connectivity index (χ3n) is 2.39. The maximum Gasteiger partial charge on any atom is 0.227 e. The van der Waals surface area contributed by atoms with Crippen LogP contribution in [0.5, 0.6) is 0 Å². The van der Waals surface area contributed by atoms with Gasteiger partial charge in [0, 0.05) is 10.8 Å². The molecule has 0 radical (unpaired) electrons. The topological polar surface area (TPSA) is 17.1 Å². The SMILES string of the molecule is CC1(C(=O)Cl)CCCC(Cl)C1. The number of alkyl halides is 1. The Bertz CT molecular complexity index is 169. The lowest BCUT2D eigenvalue weighted by Gasteiger charge is -2.32. The van der Waals surface area contributed by atoms with Crippen molar-refractivity contribution >= 4 is 28.4 Å². The molecular weight excluding hydrogens is 183 g/mol. The van der Waals surface area contributed by atoms with Gasteiger partial charge in [0.2, 0.25) is 5.24 Å². The van der Waals surface area contributed by atoms with Gasteiger partial charge in [0.25, 0.3) is 0 Å². The minimum absolute atomic E-state index is 0.136. The van der Waals surface area contributed by atoms with Crippen LogP contribution in [0.1, 0.15) is 32.6 Å². The molecule has 0 saturated heterocycles. The lowest BCUT2D eigenvalue weighted by molar-refractivity contribution is -0.121. The van der Waals surface area contributed by atoms with E-state index in [1.165, 1.54) is 0 Å². The van der Waals surface area contributed by atoms with Crippen LogP contribution in [0.4, 0.5) is 0 Å². The van der Waals surface area contributed by atoms with Gasteiger partial charge in [-0.2, -0.15) is 0 Å². The quantitative estimate of drug-likeness (QED) is 0.464. The number of hydrogen-bond donors (Lipinski definition) is 0. The van der Waals surface area contributed by atoms with E-state index in [2.05, 4.69) is 0 Å². The Morgan fingerprint density at radius 2 is 2.27 bits per heavy atom. The molecule has 1 saturated carbocycles. The Morgan fingerprint density at radius 3 is 2.64 bits per heavy atom. The van der Waals surface area contributed by atoms with E-state index < -0.39 is 0 Å². The molecule has 0 heterocycles. The van der Waals surface area contributed by atoms with Crippen molar-refractivity contribution in [3.05, 3.63) is 0 Å². The van der Waals surface area contributed by atoms with E-state index in [1.54, 1.807) is 0 Å². The molecule has 0 amide bonds. The molecule has 1 aliphatic carbocycles. The first-order valence-corrected chi connectivity index (χ1v) is 4.70. The Balaban J connectivity index is 2.63. The number of carbonyl (C=O) groups is 1. The minimum atomic E-state index is -0.355. The summed E-state index contributed by atoms with van der Waals surface area (Å²) in [6.07, 6.45) is 3.65. The Kier molecular flexibility index (Phi) is 2.82. The third kappa shape index (κ3) is 2.09. The summed E-state index contributed by atoms with van der Waals surface area (Å²) in [5.41, 5.74) is -0.355. The zero-order chi connectivity index (χ0) is 8.48. The second-order valence-corrected chi connectivity index (χ2v) is 4.49. The first-order chi connectivity index (χ1) is 5.04. The number of carbonyl (C=O) groups excluding carboxylic acids is 1. The average molecular weight is 195 g/mol. The van der Waals surface area contributed by atoms with Crippen molar-refractivity contribution in [2.45, 2.75) is 38.0 Å². The zero-order valence-electron chi connectivity index (χ0n) is 6.57. The summed E-state index contributed by atoms with van der Waals surface area (Å²) in [6.45, 7) is 1.90. The predicted octanol–water partition coefficient (Wildman–Crippen LogP) is 2.94. The van der Waals surface area contributed by atoms with Crippen molar-refractivity contribution in [2.75, 3.05) is 0 Å². The van der Waals surface area contributed by atoms with Gasteiger partial charge in [-0.3, -0.25) is 4.79 Å². The molecule has 0 bridgehead atoms. The molecule has 64 valence electrons. The van der Waals surface area contributed by atoms with Gasteiger partial charge in [-0.05, 0) is 30.9 Å². The standard InChI is InChI=1S/C8H12Cl2O/c1-8(7(10)11)4-2-3-6(9)5-8/h6H,2-5H2,1H3. The molecule has 2 atom stereocenters. The Hall–Kier alpha value is 0.250. The molecule has 1 rings (SSSR count). The second-order valence-electron chi connectivity index (χ2n) is 3.53. The number of hydrogen-bond acceptors (Lipinski definition) is 1. The van der Waals surface area contributed by atoms with Crippen molar-refractivity contribution in [1.29, 1.82) is 0 Å². The highest BCUT2D eigenvalue weighted by Gasteiger charge is 2.36. The molecule has 11 heavy (non-hydrogen) atoms. The lowest BCUT2D eigenvalue weighted by atomic mass is 9.76. The maximum absolute atomic E-state index is 11.0. The largest absolute Gasteiger partial charge is 0.281 e. The van der Waals surface area contributed by atoms with Crippen molar-refractivity contribution in [3.63, 3.8) is 0 Å². The van der Waals surface area contributed by atoms with Gasteiger partial charge in [-0.1, -0.05) is 13.3 Å². The molecule has 0 aromatic heterocycles. The van der Waals surface area contributed by atoms with E-state index in [0.717, 1.165) is 25.7 Å². The van der Waals surface area contributed by atoms with Crippen LogP contribution in [-0.2, 0) is 4.79 Å². The summed E-state index contributed by atoms with van der Waals surface area (Å²) >= 11 is 11.4. The van der Waals surface area contributed by atoms with Gasteiger partial charge in [0.1, 0.15) is 0 Å². The average Bonchev–Trinajstić information content (AvgIpc) is 1.86. The summed E-state index contributed by atoms with van der Waals surface area (Å²) in [5, 5.41) is -0.0979. The molecule has 0 spiro atoms. The Morgan fingerprint density at radius 1 is 1.64 bits per heavy atom. The monoisotopic (exact) mass is 194 g/mol. The highest BCUT2D eigenvalue weighted by Crippen LogP contribution is 2.39. The van der Waals surface area contributed by atoms with Crippen LogP contribution in [0, 0.1) is 5.41 Å². The molecule has 0 aliphatic heterocycles. The minimum Gasteiger partial charge on any atom is -0.281 e. The van der Waals surface area contributed by atoms with E-state index >= 15 is 0 Å². The summed E-state index contributed by atoms with van der Waals surface area (Å²) in [7, 11) is 0. The van der Waals surface area contributed by atoms with Crippen molar-refractivity contribution in [2.24, 2.45) is 5.41 Å². The Labute approximate surface area is 77.1 Å².